The maximum atomic E-state index is 13.0. The topological polar surface area (TPSA) is 70.0 Å². The van der Waals surface area contributed by atoms with Gasteiger partial charge in [0.25, 0.3) is 11.5 Å². The molecule has 7 nitrogen and oxygen atoms in total. The summed E-state index contributed by atoms with van der Waals surface area (Å²) in [5, 5.41) is 1.29. The van der Waals surface area contributed by atoms with Crippen molar-refractivity contribution in [3.8, 4) is 17.2 Å². The van der Waals surface area contributed by atoms with E-state index in [-0.39, 0.29) is 17.9 Å². The molecule has 1 amide bonds. The van der Waals surface area contributed by atoms with Crippen LogP contribution in [0.15, 0.2) is 35.3 Å². The fourth-order valence-corrected chi connectivity index (χ4v) is 3.01. The number of carbonyl (C=O) groups excluding carboxylic acids is 1. The fourth-order valence-electron chi connectivity index (χ4n) is 3.01. The summed E-state index contributed by atoms with van der Waals surface area (Å²) in [5.74, 6) is 0.830. The van der Waals surface area contributed by atoms with Crippen LogP contribution in [0.4, 0.5) is 0 Å². The van der Waals surface area contributed by atoms with Crippen molar-refractivity contribution in [2.45, 2.75) is 19.8 Å². The van der Waals surface area contributed by atoms with Crippen molar-refractivity contribution in [3.05, 3.63) is 51.9 Å². The Hall–Kier alpha value is -2.80. The van der Waals surface area contributed by atoms with E-state index < -0.39 is 5.91 Å². The lowest BCUT2D eigenvalue weighted by molar-refractivity contribution is -0.144. The number of hydrogen-bond donors (Lipinski definition) is 0. The van der Waals surface area contributed by atoms with Crippen LogP contribution in [-0.4, -0.2) is 35.5 Å². The van der Waals surface area contributed by atoms with Crippen LogP contribution < -0.4 is 15.0 Å². The van der Waals surface area contributed by atoms with E-state index in [0.717, 1.165) is 12.8 Å². The van der Waals surface area contributed by atoms with Crippen molar-refractivity contribution in [2.75, 3.05) is 19.9 Å². The van der Waals surface area contributed by atoms with E-state index in [2.05, 4.69) is 0 Å². The van der Waals surface area contributed by atoms with Crippen molar-refractivity contribution in [2.24, 2.45) is 0 Å². The Morgan fingerprint density at radius 3 is 2.76 bits per heavy atom. The first-order valence-corrected chi connectivity index (χ1v) is 8.22. The number of hydrogen-bond acceptors (Lipinski definition) is 5. The van der Waals surface area contributed by atoms with Crippen molar-refractivity contribution in [1.29, 1.82) is 0 Å². The standard InChI is InChI=1S/C18H18N2O5/c1-12-6-8-19(13-4-5-14-15(10-13)24-11-23-14)17(21)16(12)18(22)20-7-2-3-9-25-20/h4-6,8,10H,2-3,7,9,11H2,1H3. The quantitative estimate of drug-likeness (QED) is 0.835. The Morgan fingerprint density at radius 2 is 1.96 bits per heavy atom. The molecule has 130 valence electrons. The molecule has 0 N–H and O–H groups in total. The van der Waals surface area contributed by atoms with Gasteiger partial charge in [-0.15, -0.1) is 0 Å². The normalized spacial score (nSPS) is 16.1. The van der Waals surface area contributed by atoms with E-state index >= 15 is 0 Å². The highest BCUT2D eigenvalue weighted by molar-refractivity contribution is 5.94. The third-order valence-electron chi connectivity index (χ3n) is 4.38. The molecule has 25 heavy (non-hydrogen) atoms. The first-order valence-electron chi connectivity index (χ1n) is 8.22. The molecule has 4 rings (SSSR count). The number of hydroxylamine groups is 2. The molecule has 0 spiro atoms. The number of pyridine rings is 1. The highest BCUT2D eigenvalue weighted by atomic mass is 16.7. The molecule has 0 aliphatic carbocycles. The zero-order valence-corrected chi connectivity index (χ0v) is 13.9. The van der Waals surface area contributed by atoms with E-state index in [9.17, 15) is 9.59 Å². The van der Waals surface area contributed by atoms with E-state index in [4.69, 9.17) is 14.3 Å². The molecular formula is C18H18N2O5. The van der Waals surface area contributed by atoms with E-state index in [1.807, 2.05) is 0 Å². The largest absolute Gasteiger partial charge is 0.454 e. The van der Waals surface area contributed by atoms with Gasteiger partial charge in [-0.1, -0.05) is 0 Å². The lowest BCUT2D eigenvalue weighted by Crippen LogP contribution is -2.40. The van der Waals surface area contributed by atoms with Crippen molar-refractivity contribution >= 4 is 5.91 Å². The smallest absolute Gasteiger partial charge is 0.283 e. The molecule has 0 bridgehead atoms. The second kappa shape index (κ2) is 6.25. The lowest BCUT2D eigenvalue weighted by Gasteiger charge is -2.26. The molecule has 1 aromatic carbocycles. The molecule has 0 atom stereocenters. The number of fused-ring (bicyclic) bond motifs is 1. The van der Waals surface area contributed by atoms with Crippen LogP contribution in [0, 0.1) is 6.92 Å². The minimum Gasteiger partial charge on any atom is -0.454 e. The van der Waals surface area contributed by atoms with Gasteiger partial charge in [0.1, 0.15) is 5.56 Å². The number of carbonyl (C=O) groups is 1. The molecule has 3 heterocycles. The van der Waals surface area contributed by atoms with E-state index in [1.165, 1.54) is 9.63 Å². The van der Waals surface area contributed by atoms with Gasteiger partial charge in [0.2, 0.25) is 6.79 Å². The Balaban J connectivity index is 1.75. The van der Waals surface area contributed by atoms with Gasteiger partial charge in [-0.05, 0) is 43.5 Å². The summed E-state index contributed by atoms with van der Waals surface area (Å²) in [6.45, 7) is 2.91. The third kappa shape index (κ3) is 2.76. The minimum absolute atomic E-state index is 0.127. The zero-order chi connectivity index (χ0) is 17.4. The number of aryl methyl sites for hydroxylation is 1. The predicted octanol–water partition coefficient (Wildman–Crippen LogP) is 2.04. The van der Waals surface area contributed by atoms with Gasteiger partial charge < -0.3 is 9.47 Å². The Morgan fingerprint density at radius 1 is 1.12 bits per heavy atom. The first-order chi connectivity index (χ1) is 12.1. The average molecular weight is 342 g/mol. The summed E-state index contributed by atoms with van der Waals surface area (Å²) in [6, 6.07) is 6.99. The minimum atomic E-state index is -0.391. The zero-order valence-electron chi connectivity index (χ0n) is 13.9. The highest BCUT2D eigenvalue weighted by Crippen LogP contribution is 2.33. The summed E-state index contributed by atoms with van der Waals surface area (Å²) in [4.78, 5) is 31.1. The van der Waals surface area contributed by atoms with Gasteiger partial charge >= 0.3 is 0 Å². The second-order valence-corrected chi connectivity index (χ2v) is 6.03. The van der Waals surface area contributed by atoms with E-state index in [0.29, 0.717) is 35.9 Å². The molecule has 1 fully saturated rings. The van der Waals surface area contributed by atoms with Crippen LogP contribution in [0.2, 0.25) is 0 Å². The SMILES string of the molecule is Cc1ccn(-c2ccc3c(c2)OCO3)c(=O)c1C(=O)N1CCCCO1. The van der Waals surface area contributed by atoms with Crippen LogP contribution in [0.1, 0.15) is 28.8 Å². The van der Waals surface area contributed by atoms with Crippen molar-refractivity contribution < 1.29 is 19.1 Å². The summed E-state index contributed by atoms with van der Waals surface area (Å²) in [7, 11) is 0. The number of ether oxygens (including phenoxy) is 2. The van der Waals surface area contributed by atoms with Gasteiger partial charge in [-0.3, -0.25) is 19.0 Å². The molecule has 0 unspecified atom stereocenters. The van der Waals surface area contributed by atoms with Crippen LogP contribution >= 0.6 is 0 Å². The van der Waals surface area contributed by atoms with Gasteiger partial charge in [0, 0.05) is 18.8 Å². The number of nitrogens with zero attached hydrogens (tertiary/aromatic N) is 2. The van der Waals surface area contributed by atoms with Gasteiger partial charge in [-0.2, -0.15) is 0 Å². The van der Waals surface area contributed by atoms with Crippen LogP contribution in [-0.2, 0) is 4.84 Å². The first kappa shape index (κ1) is 15.7. The summed E-state index contributed by atoms with van der Waals surface area (Å²) in [5.41, 5.74) is 0.990. The molecule has 2 aliphatic heterocycles. The third-order valence-corrected chi connectivity index (χ3v) is 4.38. The Bertz CT molecular complexity index is 884. The maximum absolute atomic E-state index is 13.0. The molecule has 2 aromatic rings. The van der Waals surface area contributed by atoms with Gasteiger partial charge in [-0.25, -0.2) is 5.06 Å². The summed E-state index contributed by atoms with van der Waals surface area (Å²) < 4.78 is 12.1. The second-order valence-electron chi connectivity index (χ2n) is 6.03. The monoisotopic (exact) mass is 342 g/mol. The van der Waals surface area contributed by atoms with Gasteiger partial charge in [0.05, 0.1) is 12.3 Å². The Kier molecular flexibility index (Phi) is 3.93. The molecule has 2 aliphatic rings. The number of amides is 1. The predicted molar refractivity (Wildman–Crippen MR) is 89.1 cm³/mol. The van der Waals surface area contributed by atoms with Crippen molar-refractivity contribution in [1.82, 2.24) is 9.63 Å². The number of rotatable bonds is 2. The highest BCUT2D eigenvalue weighted by Gasteiger charge is 2.25. The van der Waals surface area contributed by atoms with Crippen LogP contribution in [0.3, 0.4) is 0 Å². The molecule has 1 aromatic heterocycles. The number of aromatic nitrogens is 1. The molecular weight excluding hydrogens is 324 g/mol. The van der Waals surface area contributed by atoms with Gasteiger partial charge in [0.15, 0.2) is 11.5 Å². The molecule has 0 radical (unpaired) electrons. The summed E-state index contributed by atoms with van der Waals surface area (Å²) in [6.07, 6.45) is 3.44. The number of benzene rings is 1. The fraction of sp³-hybridized carbons (Fsp3) is 0.333. The molecule has 7 heteroatoms. The maximum Gasteiger partial charge on any atom is 0.283 e. The average Bonchev–Trinajstić information content (AvgIpc) is 3.10. The summed E-state index contributed by atoms with van der Waals surface area (Å²) >= 11 is 0. The Labute approximate surface area is 144 Å². The lowest BCUT2D eigenvalue weighted by atomic mass is 10.1. The van der Waals surface area contributed by atoms with E-state index in [1.54, 1.807) is 37.4 Å². The van der Waals surface area contributed by atoms with Crippen molar-refractivity contribution in [3.63, 3.8) is 0 Å². The molecule has 1 saturated heterocycles. The van der Waals surface area contributed by atoms with Crippen LogP contribution in [0.25, 0.3) is 5.69 Å². The van der Waals surface area contributed by atoms with Crippen LogP contribution in [0.5, 0.6) is 11.5 Å². The molecule has 0 saturated carbocycles.